The Morgan fingerprint density at radius 1 is 0.419 bits per heavy atom. The van der Waals surface area contributed by atoms with Gasteiger partial charge in [0.05, 0.1) is 177 Å². The van der Waals surface area contributed by atoms with E-state index in [0.717, 1.165) is 24.3 Å². The lowest BCUT2D eigenvalue weighted by molar-refractivity contribution is -0.153. The van der Waals surface area contributed by atoms with Crippen molar-refractivity contribution < 1.29 is 164 Å². The van der Waals surface area contributed by atoms with Gasteiger partial charge in [0.1, 0.15) is 36.3 Å². The van der Waals surface area contributed by atoms with Crippen molar-refractivity contribution in [2.75, 3.05) is 214 Å². The first-order valence-electron chi connectivity index (χ1n) is 41.1. The van der Waals surface area contributed by atoms with Gasteiger partial charge in [-0.1, -0.05) is 26.3 Å². The molecule has 44 heteroatoms. The summed E-state index contributed by atoms with van der Waals surface area (Å²) in [5.41, 5.74) is -0.709. The predicted octanol–water partition coefficient (Wildman–Crippen LogP) is 7.29. The second kappa shape index (κ2) is 60.4. The van der Waals surface area contributed by atoms with Gasteiger partial charge in [0.15, 0.2) is 52.1 Å². The van der Waals surface area contributed by atoms with Crippen molar-refractivity contribution in [1.29, 1.82) is 0 Å². The number of rotatable bonds is 70. The lowest BCUT2D eigenvalue weighted by Gasteiger charge is -2.33. The SMILES string of the molecule is C=CC(=O)OC(C)c1cc(OC)c(OCCCC(=O)NCCOCCOCC(COCCOCCNC(=O)CCCOc2cc(N([O-])O)c(C(C)OC(=O)C=C)cc2OC)(COCCOCCNC(=O)CCCOc2cc(N(O)O)c(C(C)OC(=O)C=C)cc2OC)COCCOCCNC(=O)CCCOc2cc3c(cc2OC)C(OC(=O)C=C)CON3O)cc1N([O-])O. The van der Waals surface area contributed by atoms with Crippen LogP contribution in [0.2, 0.25) is 0 Å². The molecule has 1 aliphatic rings. The summed E-state index contributed by atoms with van der Waals surface area (Å²) < 4.78 is 114. The van der Waals surface area contributed by atoms with Crippen LogP contribution in [-0.4, -0.2) is 267 Å². The lowest BCUT2D eigenvalue weighted by Crippen LogP contribution is -2.43. The fourth-order valence-electron chi connectivity index (χ4n) is 12.0. The number of nitrogens with one attached hydrogen (secondary N) is 4. The second-order valence-electron chi connectivity index (χ2n) is 28.0. The third-order valence-electron chi connectivity index (χ3n) is 18.5. The maximum Gasteiger partial charge on any atom is 0.330 e. The third-order valence-corrected chi connectivity index (χ3v) is 18.5. The predicted molar refractivity (Wildman–Crippen MR) is 457 cm³/mol. The minimum Gasteiger partial charge on any atom is -0.733 e. The number of anilines is 4. The third kappa shape index (κ3) is 39.2. The highest BCUT2D eigenvalue weighted by Gasteiger charge is 2.35. The van der Waals surface area contributed by atoms with Crippen LogP contribution in [0.5, 0.6) is 46.0 Å². The fourth-order valence-corrected chi connectivity index (χ4v) is 12.0. The normalized spacial score (nSPS) is 13.2. The first kappa shape index (κ1) is 108. The summed E-state index contributed by atoms with van der Waals surface area (Å²) in [6.07, 6.45) is 1.34. The molecule has 44 nitrogen and oxygen atoms in total. The molecule has 0 bridgehead atoms. The number of benzene rings is 4. The molecule has 0 fully saturated rings. The number of ether oxygens (including phenoxy) is 20. The van der Waals surface area contributed by atoms with E-state index in [1.54, 1.807) is 6.07 Å². The Bertz CT molecular complexity index is 3730. The van der Waals surface area contributed by atoms with E-state index < -0.39 is 64.2 Å². The summed E-state index contributed by atoms with van der Waals surface area (Å²) >= 11 is 0. The number of methoxy groups -OCH3 is 4. The minimum absolute atomic E-state index is 0.00755. The number of carbonyl (C=O) groups excluding carboxylic acids is 8. The molecule has 0 aliphatic carbocycles. The highest BCUT2D eigenvalue weighted by Crippen LogP contribution is 2.44. The average molecular weight is 1830 g/mol. The van der Waals surface area contributed by atoms with Crippen LogP contribution in [0.3, 0.4) is 0 Å². The zero-order valence-electron chi connectivity index (χ0n) is 73.6. The summed E-state index contributed by atoms with van der Waals surface area (Å²) in [7, 11) is 5.50. The maximum absolute atomic E-state index is 12.9. The Kier molecular flexibility index (Phi) is 50.6. The summed E-state index contributed by atoms with van der Waals surface area (Å²) in [6, 6.07) is 10.9. The van der Waals surface area contributed by atoms with E-state index >= 15 is 0 Å². The number of fused-ring (bicyclic) bond motifs is 1. The maximum atomic E-state index is 12.9. The highest BCUT2D eigenvalue weighted by molar-refractivity contribution is 5.84. The minimum atomic E-state index is -1.02. The van der Waals surface area contributed by atoms with Gasteiger partial charge < -0.3 is 137 Å². The fraction of sp³-hybridized carbons (Fsp3) is 0.529. The molecule has 4 atom stereocenters. The van der Waals surface area contributed by atoms with Gasteiger partial charge in [-0.3, -0.25) is 45.2 Å². The molecule has 0 spiro atoms. The van der Waals surface area contributed by atoms with Crippen molar-refractivity contribution in [3.05, 3.63) is 132 Å². The van der Waals surface area contributed by atoms with Gasteiger partial charge in [0.2, 0.25) is 23.6 Å². The number of esters is 4. The first-order valence-corrected chi connectivity index (χ1v) is 41.1. The number of carbonyl (C=O) groups is 8. The molecule has 1 heterocycles. The molecular formula is C85H120N8O36-2. The van der Waals surface area contributed by atoms with E-state index in [9.17, 15) is 74.8 Å². The van der Waals surface area contributed by atoms with Crippen LogP contribution in [0.4, 0.5) is 22.7 Å². The van der Waals surface area contributed by atoms with Crippen molar-refractivity contribution in [3.63, 3.8) is 0 Å². The molecule has 9 N–H and O–H groups in total. The molecule has 4 unspecified atom stereocenters. The Balaban J connectivity index is 1.17. The van der Waals surface area contributed by atoms with Gasteiger partial charge in [-0.05, 0) is 70.7 Å². The van der Waals surface area contributed by atoms with Gasteiger partial charge in [0, 0.05) is 123 Å². The van der Waals surface area contributed by atoms with Gasteiger partial charge in [-0.2, -0.15) is 0 Å². The molecule has 5 rings (SSSR count). The van der Waals surface area contributed by atoms with E-state index in [-0.39, 0.29) is 324 Å². The first-order chi connectivity index (χ1) is 62.1. The number of nitrogens with zero attached hydrogens (tertiary/aromatic N) is 4. The van der Waals surface area contributed by atoms with Crippen LogP contribution in [0, 0.1) is 15.8 Å². The summed E-state index contributed by atoms with van der Waals surface area (Å²) in [6.45, 7) is 19.6. The van der Waals surface area contributed by atoms with E-state index in [4.69, 9.17) is 99.6 Å². The molecule has 0 saturated carbocycles. The summed E-state index contributed by atoms with van der Waals surface area (Å²) in [5, 5.41) is 85.1. The van der Waals surface area contributed by atoms with Gasteiger partial charge >= 0.3 is 23.9 Å². The molecule has 0 radical (unpaired) electrons. The van der Waals surface area contributed by atoms with Crippen molar-refractivity contribution in [3.8, 4) is 46.0 Å². The summed E-state index contributed by atoms with van der Waals surface area (Å²) in [5.74, 6) is -2.83. The number of hydrogen-bond acceptors (Lipinski definition) is 40. The Morgan fingerprint density at radius 2 is 0.705 bits per heavy atom. The van der Waals surface area contributed by atoms with Crippen LogP contribution >= 0.6 is 0 Å². The van der Waals surface area contributed by atoms with Gasteiger partial charge in [-0.25, -0.2) is 24.0 Å². The molecule has 4 aromatic rings. The van der Waals surface area contributed by atoms with E-state index in [1.807, 2.05) is 0 Å². The van der Waals surface area contributed by atoms with E-state index in [1.165, 1.54) is 91.7 Å². The molecule has 4 aromatic carbocycles. The Morgan fingerprint density at radius 3 is 1.00 bits per heavy atom. The van der Waals surface area contributed by atoms with Crippen LogP contribution < -0.4 is 80.1 Å². The van der Waals surface area contributed by atoms with Crippen molar-refractivity contribution in [2.45, 2.75) is 96.6 Å². The monoisotopic (exact) mass is 1830 g/mol. The van der Waals surface area contributed by atoms with Crippen molar-refractivity contribution >= 4 is 70.3 Å². The summed E-state index contributed by atoms with van der Waals surface area (Å²) in [4.78, 5) is 104. The zero-order valence-corrected chi connectivity index (χ0v) is 73.6. The van der Waals surface area contributed by atoms with E-state index in [0.29, 0.717) is 17.2 Å². The molecular weight excluding hydrogens is 1710 g/mol. The van der Waals surface area contributed by atoms with Gasteiger partial charge in [0.25, 0.3) is 0 Å². The topological polar surface area (TPSA) is 539 Å². The highest BCUT2D eigenvalue weighted by atomic mass is 16.9. The Labute approximate surface area is 746 Å². The smallest absolute Gasteiger partial charge is 0.330 e. The van der Waals surface area contributed by atoms with Crippen molar-refractivity contribution in [1.82, 2.24) is 21.3 Å². The molecule has 718 valence electrons. The average Bonchev–Trinajstić information content (AvgIpc) is 0.793. The van der Waals surface area contributed by atoms with Crippen molar-refractivity contribution in [2.24, 2.45) is 5.41 Å². The molecule has 0 saturated heterocycles. The van der Waals surface area contributed by atoms with Crippen LogP contribution in [0.25, 0.3) is 0 Å². The molecule has 1 aliphatic heterocycles. The molecule has 129 heavy (non-hydrogen) atoms. The van der Waals surface area contributed by atoms with Gasteiger partial charge in [-0.15, -0.1) is 10.5 Å². The molecule has 0 aromatic heterocycles. The second-order valence-corrected chi connectivity index (χ2v) is 28.0. The molecule has 4 amide bonds. The standard InChI is InChI=1S/C85H120N8O36/c1-12-81(98)126-57(5)60-44-68(109-8)72(48-64(60)90(102)103)121-28-16-20-77(94)86-24-32-113-36-40-117-53-85(54-118-41-37-114-33-25-87-78(95)21-17-29-122-73-49-65(91(104)105)61(45-69(73)110-9)58(6)127-82(99)13-2,55-119-42-38-115-34-26-88-79(96)22-18-30-123-74-50-66(92(106)107)62(46-70(74)111-10)59(7)128-83(100)14-3)56-120-43-39-116-35-27-89-80(97)23-19-31-124-75-51-67-63(47-71(75)112-11)76(52-125-93(67)108)129-84(101)15-4/h12-15,44-51,57-59,76,102-104,106,108H,1-4,16-43,52-56H2,5-11H3,(H,86,94)(H,87,95)(H,88,96)(H,89,97)/q-2. The largest absolute Gasteiger partial charge is 0.733 e. The quantitative estimate of drug-likeness (QED) is 0.00688. The Hall–Kier alpha value is -11.4. The van der Waals surface area contributed by atoms with E-state index in [2.05, 4.69) is 47.6 Å². The lowest BCUT2D eigenvalue weighted by atomic mass is 9.92. The van der Waals surface area contributed by atoms with Crippen LogP contribution in [-0.2, 0) is 100 Å². The number of amides is 4. The van der Waals surface area contributed by atoms with Crippen LogP contribution in [0.15, 0.2) is 99.2 Å². The zero-order chi connectivity index (χ0) is 94.5. The number of hydrogen-bond donors (Lipinski definition) is 9. The van der Waals surface area contributed by atoms with Crippen LogP contribution in [0.1, 0.15) is 119 Å².